The van der Waals surface area contributed by atoms with Crippen molar-refractivity contribution in [2.24, 2.45) is 5.92 Å². The zero-order valence-corrected chi connectivity index (χ0v) is 12.0. The van der Waals surface area contributed by atoms with E-state index in [0.29, 0.717) is 6.92 Å². The monoisotopic (exact) mass is 386 g/mol. The molecule has 0 aliphatic rings. The minimum absolute atomic E-state index is 0.109. The van der Waals surface area contributed by atoms with E-state index in [-0.39, 0.29) is 6.92 Å². The summed E-state index contributed by atoms with van der Waals surface area (Å²) in [5.74, 6) is -8.86. The minimum atomic E-state index is -6.80. The Kier molecular flexibility index (Phi) is 5.93. The van der Waals surface area contributed by atoms with Crippen molar-refractivity contribution in [3.63, 3.8) is 0 Å². The summed E-state index contributed by atoms with van der Waals surface area (Å²) in [5, 5.41) is 18.1. The maximum absolute atomic E-state index is 13.1. The molecule has 0 rings (SSSR count). The first kappa shape index (κ1) is 23.1. The topological polar surface area (TPSA) is 40.5 Å². The highest BCUT2D eigenvalue weighted by Crippen LogP contribution is 2.53. The second kappa shape index (κ2) is 6.15. The lowest BCUT2D eigenvalue weighted by atomic mass is 9.80. The second-order valence-electron chi connectivity index (χ2n) is 5.72. The van der Waals surface area contributed by atoms with Gasteiger partial charge in [0.1, 0.15) is 0 Å². The Labute approximate surface area is 128 Å². The lowest BCUT2D eigenvalue weighted by Crippen LogP contribution is -2.65. The van der Waals surface area contributed by atoms with Crippen LogP contribution in [0.1, 0.15) is 26.7 Å². The molecule has 0 bridgehead atoms. The smallest absolute Gasteiger partial charge is 0.381 e. The third-order valence-electron chi connectivity index (χ3n) is 3.34. The number of hydrogen-bond acceptors (Lipinski definition) is 2. The lowest BCUT2D eigenvalue weighted by molar-refractivity contribution is -0.406. The van der Waals surface area contributed by atoms with Crippen molar-refractivity contribution in [1.82, 2.24) is 0 Å². The van der Waals surface area contributed by atoms with E-state index in [1.54, 1.807) is 0 Å². The lowest BCUT2D eigenvalue weighted by Gasteiger charge is -2.40. The summed E-state index contributed by atoms with van der Waals surface area (Å²) < 4.78 is 138. The molecule has 0 aromatic carbocycles. The summed E-state index contributed by atoms with van der Waals surface area (Å²) in [6.45, 7) is 0.571. The molecule has 3 atom stereocenters. The highest BCUT2D eigenvalue weighted by molar-refractivity contribution is 5.04. The Morgan fingerprint density at radius 2 is 1.04 bits per heavy atom. The van der Waals surface area contributed by atoms with Crippen molar-refractivity contribution in [2.75, 3.05) is 0 Å². The van der Waals surface area contributed by atoms with E-state index in [4.69, 9.17) is 10.2 Å². The molecule has 0 aliphatic heterocycles. The van der Waals surface area contributed by atoms with Gasteiger partial charge >= 0.3 is 24.5 Å². The van der Waals surface area contributed by atoms with Crippen molar-refractivity contribution in [3.05, 3.63) is 0 Å². The van der Waals surface area contributed by atoms with Gasteiger partial charge in [0, 0.05) is 0 Å². The molecule has 0 saturated heterocycles. The fraction of sp³-hybridized carbons (Fsp3) is 1.00. The van der Waals surface area contributed by atoms with Crippen LogP contribution >= 0.6 is 0 Å². The zero-order chi connectivity index (χ0) is 20.0. The van der Waals surface area contributed by atoms with Gasteiger partial charge in [-0.2, -0.15) is 48.3 Å². The standard InChI is InChI=1S/C11H13F11O2/c1-5(3-6(2,23)9(14,15)16)4-7(24,10(17,18)19)8(12,13)11(20,21)22/h5,23-24H,3-4H2,1-2H3. The number of rotatable bonds is 5. The van der Waals surface area contributed by atoms with Gasteiger partial charge in [0.25, 0.3) is 0 Å². The van der Waals surface area contributed by atoms with Crippen LogP contribution in [0.25, 0.3) is 0 Å². The predicted molar refractivity (Wildman–Crippen MR) is 57.1 cm³/mol. The molecule has 0 aliphatic carbocycles. The Bertz CT molecular complexity index is 435. The van der Waals surface area contributed by atoms with Crippen molar-refractivity contribution < 1.29 is 58.5 Å². The van der Waals surface area contributed by atoms with Crippen LogP contribution in [0.15, 0.2) is 0 Å². The molecule has 0 spiro atoms. The van der Waals surface area contributed by atoms with Crippen LogP contribution in [0.3, 0.4) is 0 Å². The molecule has 24 heavy (non-hydrogen) atoms. The maximum atomic E-state index is 13.1. The van der Waals surface area contributed by atoms with Crippen LogP contribution in [0.4, 0.5) is 48.3 Å². The summed E-state index contributed by atoms with van der Waals surface area (Å²) in [6.07, 6.45) is -22.7. The average molecular weight is 386 g/mol. The summed E-state index contributed by atoms with van der Waals surface area (Å²) in [4.78, 5) is 0. The van der Waals surface area contributed by atoms with Gasteiger partial charge < -0.3 is 10.2 Å². The Balaban J connectivity index is 5.71. The van der Waals surface area contributed by atoms with Gasteiger partial charge in [0.2, 0.25) is 5.60 Å². The SMILES string of the molecule is CC(CC(C)(O)C(F)(F)F)CC(O)(C(F)(F)F)C(F)(F)C(F)(F)F. The van der Waals surface area contributed by atoms with E-state index >= 15 is 0 Å². The molecule has 0 heterocycles. The highest BCUT2D eigenvalue weighted by Gasteiger charge is 2.79. The molecular weight excluding hydrogens is 373 g/mol. The molecule has 0 saturated carbocycles. The fourth-order valence-electron chi connectivity index (χ4n) is 2.03. The maximum Gasteiger partial charge on any atom is 0.456 e. The molecule has 0 aromatic heterocycles. The van der Waals surface area contributed by atoms with Gasteiger partial charge in [-0.1, -0.05) is 6.92 Å². The molecule has 3 unspecified atom stereocenters. The first-order valence-electron chi connectivity index (χ1n) is 6.13. The van der Waals surface area contributed by atoms with Gasteiger partial charge in [-0.3, -0.25) is 0 Å². The van der Waals surface area contributed by atoms with Crippen LogP contribution < -0.4 is 0 Å². The van der Waals surface area contributed by atoms with Gasteiger partial charge in [0.15, 0.2) is 5.60 Å². The van der Waals surface area contributed by atoms with Gasteiger partial charge in [-0.25, -0.2) is 0 Å². The number of hydrogen-bond donors (Lipinski definition) is 2. The van der Waals surface area contributed by atoms with Crippen molar-refractivity contribution in [3.8, 4) is 0 Å². The van der Waals surface area contributed by atoms with Crippen LogP contribution in [0.2, 0.25) is 0 Å². The molecule has 0 radical (unpaired) electrons. The van der Waals surface area contributed by atoms with Gasteiger partial charge in [0.05, 0.1) is 0 Å². The fourth-order valence-corrected chi connectivity index (χ4v) is 2.03. The van der Waals surface area contributed by atoms with E-state index in [1.165, 1.54) is 0 Å². The third kappa shape index (κ3) is 4.21. The summed E-state index contributed by atoms with van der Waals surface area (Å²) in [5.41, 5.74) is -9.30. The number of halogens is 11. The van der Waals surface area contributed by atoms with E-state index < -0.39 is 54.4 Å². The normalized spacial score (nSPS) is 21.1. The number of aliphatic hydroxyl groups is 2. The second-order valence-corrected chi connectivity index (χ2v) is 5.72. The van der Waals surface area contributed by atoms with Gasteiger partial charge in [-0.05, 0) is 25.7 Å². The van der Waals surface area contributed by atoms with E-state index in [0.717, 1.165) is 0 Å². The van der Waals surface area contributed by atoms with Gasteiger partial charge in [-0.15, -0.1) is 0 Å². The molecule has 2 N–H and O–H groups in total. The molecule has 0 aromatic rings. The van der Waals surface area contributed by atoms with E-state index in [1.807, 2.05) is 0 Å². The minimum Gasteiger partial charge on any atom is -0.381 e. The Hall–Kier alpha value is -0.850. The summed E-state index contributed by atoms with van der Waals surface area (Å²) in [7, 11) is 0. The Morgan fingerprint density at radius 3 is 1.29 bits per heavy atom. The quantitative estimate of drug-likeness (QED) is 0.696. The first-order chi connectivity index (χ1) is 10.1. The van der Waals surface area contributed by atoms with Crippen LogP contribution in [0, 0.1) is 5.92 Å². The van der Waals surface area contributed by atoms with Crippen LogP contribution in [0.5, 0.6) is 0 Å². The largest absolute Gasteiger partial charge is 0.456 e. The van der Waals surface area contributed by atoms with Crippen molar-refractivity contribution in [2.45, 2.75) is 62.3 Å². The third-order valence-corrected chi connectivity index (χ3v) is 3.34. The zero-order valence-electron chi connectivity index (χ0n) is 12.0. The number of alkyl halides is 11. The predicted octanol–water partition coefficient (Wildman–Crippen LogP) is 4.21. The molecular formula is C11H13F11O2. The van der Waals surface area contributed by atoms with Crippen molar-refractivity contribution in [1.29, 1.82) is 0 Å². The highest BCUT2D eigenvalue weighted by atomic mass is 19.4. The first-order valence-corrected chi connectivity index (χ1v) is 6.13. The molecule has 0 fully saturated rings. The summed E-state index contributed by atoms with van der Waals surface area (Å²) in [6, 6.07) is 0. The molecule has 146 valence electrons. The summed E-state index contributed by atoms with van der Waals surface area (Å²) >= 11 is 0. The average Bonchev–Trinajstić information content (AvgIpc) is 2.22. The van der Waals surface area contributed by atoms with E-state index in [2.05, 4.69) is 0 Å². The molecule has 2 nitrogen and oxygen atoms in total. The molecule has 13 heteroatoms. The molecule has 0 amide bonds. The van der Waals surface area contributed by atoms with Crippen molar-refractivity contribution >= 4 is 0 Å². The Morgan fingerprint density at radius 1 is 0.667 bits per heavy atom. The van der Waals surface area contributed by atoms with Crippen LogP contribution in [-0.4, -0.2) is 45.9 Å². The van der Waals surface area contributed by atoms with E-state index in [9.17, 15) is 48.3 Å². The van der Waals surface area contributed by atoms with Crippen LogP contribution in [-0.2, 0) is 0 Å².